The van der Waals surface area contributed by atoms with Crippen molar-refractivity contribution in [2.45, 2.75) is 49.9 Å². The van der Waals surface area contributed by atoms with Crippen LogP contribution in [-0.2, 0) is 11.8 Å². The Morgan fingerprint density at radius 3 is 3.04 bits per heavy atom. The molecule has 1 fully saturated rings. The first kappa shape index (κ1) is 15.4. The van der Waals surface area contributed by atoms with Gasteiger partial charge >= 0.3 is 0 Å². The molecule has 5 atom stereocenters. The van der Waals surface area contributed by atoms with Crippen LogP contribution in [0.25, 0.3) is 0 Å². The molecule has 132 valence electrons. The van der Waals surface area contributed by atoms with E-state index in [9.17, 15) is 10.2 Å². The molecular formula is C20H24N2O3. The third-order valence-corrected chi connectivity index (χ3v) is 6.76. The van der Waals surface area contributed by atoms with Gasteiger partial charge < -0.3 is 20.4 Å². The van der Waals surface area contributed by atoms with Crippen molar-refractivity contribution < 1.29 is 14.9 Å². The zero-order chi connectivity index (χ0) is 17.3. The molecule has 1 aromatic carbocycles. The Balaban J connectivity index is 1.64. The number of hydrogen-bond acceptors (Lipinski definition) is 5. The van der Waals surface area contributed by atoms with Crippen LogP contribution in [0.1, 0.15) is 30.9 Å². The Morgan fingerprint density at radius 2 is 2.24 bits per heavy atom. The number of nitrogens with one attached hydrogen (secondary N) is 1. The number of aromatic hydroxyl groups is 1. The second kappa shape index (κ2) is 5.08. The topological polar surface area (TPSA) is 76.8 Å². The molecule has 2 aliphatic heterocycles. The number of nitrogens with zero attached hydrogens (tertiary/aromatic N) is 1. The molecule has 4 aliphatic rings. The predicted molar refractivity (Wildman–Crippen MR) is 94.5 cm³/mol. The number of piperidine rings is 1. The minimum absolute atomic E-state index is 0.189. The average molecular weight is 340 g/mol. The first-order valence-corrected chi connectivity index (χ1v) is 9.19. The summed E-state index contributed by atoms with van der Waals surface area (Å²) in [5, 5.41) is 28.7. The lowest BCUT2D eigenvalue weighted by atomic mass is 9.53. The van der Waals surface area contributed by atoms with E-state index in [0.29, 0.717) is 11.8 Å². The summed E-state index contributed by atoms with van der Waals surface area (Å²) in [7, 11) is 0. The summed E-state index contributed by atoms with van der Waals surface area (Å²) in [6.07, 6.45) is 5.77. The molecule has 1 saturated heterocycles. The third-order valence-electron chi connectivity index (χ3n) is 6.76. The smallest absolute Gasteiger partial charge is 0.165 e. The van der Waals surface area contributed by atoms with Crippen molar-refractivity contribution >= 4 is 5.71 Å². The third kappa shape index (κ3) is 1.88. The van der Waals surface area contributed by atoms with Gasteiger partial charge in [-0.05, 0) is 44.4 Å². The number of phenols is 1. The van der Waals surface area contributed by atoms with Crippen LogP contribution in [0, 0.1) is 11.3 Å². The van der Waals surface area contributed by atoms with Gasteiger partial charge in [0.05, 0.1) is 0 Å². The summed E-state index contributed by atoms with van der Waals surface area (Å²) in [5.41, 5.74) is 2.89. The van der Waals surface area contributed by atoms with Crippen LogP contribution in [0.5, 0.6) is 11.5 Å². The summed E-state index contributed by atoms with van der Waals surface area (Å²) in [6.45, 7) is 3.73. The van der Waals surface area contributed by atoms with Gasteiger partial charge in [-0.2, -0.15) is 0 Å². The van der Waals surface area contributed by atoms with Gasteiger partial charge in [-0.15, -0.1) is 0 Å². The van der Waals surface area contributed by atoms with Crippen molar-refractivity contribution in [3.8, 4) is 11.5 Å². The van der Waals surface area contributed by atoms with E-state index in [4.69, 9.17) is 10.1 Å². The van der Waals surface area contributed by atoms with E-state index < -0.39 is 6.10 Å². The van der Waals surface area contributed by atoms with Gasteiger partial charge in [0.25, 0.3) is 0 Å². The van der Waals surface area contributed by atoms with E-state index in [0.717, 1.165) is 43.6 Å². The van der Waals surface area contributed by atoms with Crippen LogP contribution in [0.2, 0.25) is 0 Å². The monoisotopic (exact) mass is 340 g/mol. The molecule has 1 spiro atoms. The van der Waals surface area contributed by atoms with E-state index in [1.807, 2.05) is 19.1 Å². The quantitative estimate of drug-likeness (QED) is 0.581. The highest BCUT2D eigenvalue weighted by Crippen LogP contribution is 2.62. The maximum absolute atomic E-state index is 10.6. The zero-order valence-corrected chi connectivity index (χ0v) is 14.4. The lowest BCUT2D eigenvalue weighted by molar-refractivity contribution is -0.0509. The first-order valence-electron chi connectivity index (χ1n) is 9.19. The van der Waals surface area contributed by atoms with Crippen LogP contribution in [0.15, 0.2) is 24.3 Å². The predicted octanol–water partition coefficient (Wildman–Crippen LogP) is 2.00. The summed E-state index contributed by atoms with van der Waals surface area (Å²) >= 11 is 0. The van der Waals surface area contributed by atoms with Crippen molar-refractivity contribution in [3.05, 3.63) is 35.4 Å². The summed E-state index contributed by atoms with van der Waals surface area (Å²) in [5.74, 6) is 1.07. The van der Waals surface area contributed by atoms with Crippen LogP contribution in [0.3, 0.4) is 0 Å². The Labute approximate surface area is 147 Å². The summed E-state index contributed by atoms with van der Waals surface area (Å²) in [4.78, 5) is 2.51. The Hall–Kier alpha value is -1.85. The van der Waals surface area contributed by atoms with Crippen LogP contribution in [0.4, 0.5) is 0 Å². The lowest BCUT2D eigenvalue weighted by Crippen LogP contribution is -2.65. The molecule has 1 unspecified atom stereocenters. The molecule has 5 nitrogen and oxygen atoms in total. The Morgan fingerprint density at radius 1 is 1.40 bits per heavy atom. The molecule has 3 N–H and O–H groups in total. The Bertz CT molecular complexity index is 789. The molecule has 0 saturated carbocycles. The van der Waals surface area contributed by atoms with Gasteiger partial charge in [0.15, 0.2) is 11.5 Å². The van der Waals surface area contributed by atoms with Crippen molar-refractivity contribution in [1.82, 2.24) is 4.90 Å². The van der Waals surface area contributed by atoms with Gasteiger partial charge in [0, 0.05) is 35.2 Å². The lowest BCUT2D eigenvalue weighted by Gasteiger charge is -2.57. The van der Waals surface area contributed by atoms with Gasteiger partial charge in [-0.1, -0.05) is 18.2 Å². The van der Waals surface area contributed by atoms with Gasteiger partial charge in [-0.25, -0.2) is 0 Å². The van der Waals surface area contributed by atoms with Crippen molar-refractivity contribution in [2.75, 3.05) is 13.1 Å². The van der Waals surface area contributed by atoms with E-state index in [1.54, 1.807) is 6.07 Å². The molecular weight excluding hydrogens is 316 g/mol. The number of aliphatic hydroxyl groups is 1. The minimum atomic E-state index is -0.634. The molecule has 0 aromatic heterocycles. The second-order valence-electron chi connectivity index (χ2n) is 8.02. The molecule has 2 aliphatic carbocycles. The van der Waals surface area contributed by atoms with Crippen LogP contribution in [-0.4, -0.2) is 52.2 Å². The second-order valence-corrected chi connectivity index (χ2v) is 8.02. The standard InChI is InChI=1S/C20H24N2O3/c1-11(21)6-8-22-9-7-20-13-3-5-16(24)19(20)25-18-15(23)4-2-12(17(18)20)10-14(13)22/h2-5,13-14,16,19,21,23-24H,6-10H2,1H3/t13?,14-,16+,19+,20+/m1/s1. The number of rotatable bonds is 3. The van der Waals surface area contributed by atoms with E-state index in [2.05, 4.69) is 11.0 Å². The fourth-order valence-corrected chi connectivity index (χ4v) is 5.72. The van der Waals surface area contributed by atoms with Crippen molar-refractivity contribution in [2.24, 2.45) is 5.92 Å². The van der Waals surface area contributed by atoms with Crippen LogP contribution >= 0.6 is 0 Å². The molecule has 0 amide bonds. The van der Waals surface area contributed by atoms with Gasteiger partial charge in [-0.3, -0.25) is 4.90 Å². The number of phenolic OH excluding ortho intramolecular Hbond substituents is 1. The number of aliphatic hydroxyl groups excluding tert-OH is 1. The highest BCUT2D eigenvalue weighted by molar-refractivity contribution is 5.78. The molecule has 5 heteroatoms. The highest BCUT2D eigenvalue weighted by atomic mass is 16.5. The van der Waals surface area contributed by atoms with E-state index in [1.165, 1.54) is 5.56 Å². The fraction of sp³-hybridized carbons (Fsp3) is 0.550. The zero-order valence-electron chi connectivity index (χ0n) is 14.4. The molecule has 5 rings (SSSR count). The van der Waals surface area contributed by atoms with Crippen LogP contribution < -0.4 is 4.74 Å². The molecule has 1 aromatic rings. The molecule has 2 heterocycles. The maximum Gasteiger partial charge on any atom is 0.165 e. The fourth-order valence-electron chi connectivity index (χ4n) is 5.72. The molecule has 2 bridgehead atoms. The average Bonchev–Trinajstić information content (AvgIpc) is 2.93. The number of likely N-dealkylation sites (tertiary alicyclic amines) is 1. The maximum atomic E-state index is 10.6. The summed E-state index contributed by atoms with van der Waals surface area (Å²) < 4.78 is 6.15. The SMILES string of the molecule is CC(=N)CCN1CC[C@]23c4c5ccc(O)c4O[C@H]2[C@@H](O)C=CC3[C@H]1C5. The Kier molecular flexibility index (Phi) is 3.13. The van der Waals surface area contributed by atoms with Gasteiger partial charge in [0.2, 0.25) is 0 Å². The highest BCUT2D eigenvalue weighted by Gasteiger charge is 2.64. The minimum Gasteiger partial charge on any atom is -0.504 e. The first-order chi connectivity index (χ1) is 12.0. The van der Waals surface area contributed by atoms with E-state index in [-0.39, 0.29) is 23.2 Å². The normalized spacial score (nSPS) is 37.5. The van der Waals surface area contributed by atoms with Crippen molar-refractivity contribution in [1.29, 1.82) is 5.41 Å². The number of benzene rings is 1. The van der Waals surface area contributed by atoms with Crippen molar-refractivity contribution in [3.63, 3.8) is 0 Å². The number of hydrogen-bond donors (Lipinski definition) is 3. The van der Waals surface area contributed by atoms with E-state index >= 15 is 0 Å². The van der Waals surface area contributed by atoms with Gasteiger partial charge in [0.1, 0.15) is 12.2 Å². The number of ether oxygens (including phenoxy) is 1. The largest absolute Gasteiger partial charge is 0.504 e. The molecule has 25 heavy (non-hydrogen) atoms. The summed E-state index contributed by atoms with van der Waals surface area (Å²) in [6, 6.07) is 4.12. The molecule has 0 radical (unpaired) electrons.